The number of nitrogens with one attached hydrogen (secondary N) is 1. The maximum atomic E-state index is 13.5. The van der Waals surface area contributed by atoms with Gasteiger partial charge < -0.3 is 19.7 Å². The predicted molar refractivity (Wildman–Crippen MR) is 141 cm³/mol. The van der Waals surface area contributed by atoms with Crippen LogP contribution in [0.4, 0.5) is 11.4 Å². The van der Waals surface area contributed by atoms with E-state index in [0.29, 0.717) is 11.5 Å². The number of ether oxygens (including phenoxy) is 2. The fraction of sp³-hybridized carbons (Fsp3) is 0.286. The largest absolute Gasteiger partial charge is 0.493 e. The summed E-state index contributed by atoms with van der Waals surface area (Å²) in [6.45, 7) is 5.94. The van der Waals surface area contributed by atoms with Crippen molar-refractivity contribution in [3.63, 3.8) is 0 Å². The molecular formula is C28H30N2O4S. The number of carbonyl (C=O) groups is 2. The van der Waals surface area contributed by atoms with E-state index in [9.17, 15) is 9.59 Å². The first-order chi connectivity index (χ1) is 16.8. The Morgan fingerprint density at radius 2 is 1.69 bits per heavy atom. The fourth-order valence-corrected chi connectivity index (χ4v) is 5.76. The van der Waals surface area contributed by atoms with Gasteiger partial charge in [0.15, 0.2) is 11.5 Å². The molecule has 1 heterocycles. The molecule has 182 valence electrons. The summed E-state index contributed by atoms with van der Waals surface area (Å²) >= 11 is 1.62. The third-order valence-corrected chi connectivity index (χ3v) is 7.43. The molecule has 3 aromatic rings. The molecule has 7 heteroatoms. The van der Waals surface area contributed by atoms with Gasteiger partial charge in [-0.1, -0.05) is 35.9 Å². The Balaban J connectivity index is 1.61. The zero-order chi connectivity index (χ0) is 25.1. The van der Waals surface area contributed by atoms with Crippen molar-refractivity contribution in [3.05, 3.63) is 76.9 Å². The first-order valence-electron chi connectivity index (χ1n) is 11.5. The van der Waals surface area contributed by atoms with Crippen LogP contribution in [0.5, 0.6) is 11.5 Å². The SMILES string of the molecule is COc1ccc(C2CC(=O)N(CC(=O)Nc3c(C)cc(C)cc3C)c3ccccc3S2)cc1OC. The Labute approximate surface area is 210 Å². The zero-order valence-electron chi connectivity index (χ0n) is 20.7. The van der Waals surface area contributed by atoms with Crippen LogP contribution >= 0.6 is 11.8 Å². The van der Waals surface area contributed by atoms with Gasteiger partial charge >= 0.3 is 0 Å². The van der Waals surface area contributed by atoms with E-state index in [1.54, 1.807) is 30.9 Å². The van der Waals surface area contributed by atoms with Crippen LogP contribution in [-0.4, -0.2) is 32.6 Å². The predicted octanol–water partition coefficient (Wildman–Crippen LogP) is 5.84. The minimum Gasteiger partial charge on any atom is -0.493 e. The van der Waals surface area contributed by atoms with E-state index in [1.165, 1.54) is 0 Å². The van der Waals surface area contributed by atoms with Gasteiger partial charge in [-0.2, -0.15) is 0 Å². The summed E-state index contributed by atoms with van der Waals surface area (Å²) in [4.78, 5) is 29.1. The fourth-order valence-electron chi connectivity index (χ4n) is 4.49. The minimum atomic E-state index is -0.224. The number of rotatable bonds is 6. The van der Waals surface area contributed by atoms with Gasteiger partial charge in [-0.15, -0.1) is 11.8 Å². The molecule has 1 unspecified atom stereocenters. The van der Waals surface area contributed by atoms with Crippen LogP contribution < -0.4 is 19.7 Å². The van der Waals surface area contributed by atoms with Crippen LogP contribution in [-0.2, 0) is 9.59 Å². The van der Waals surface area contributed by atoms with Gasteiger partial charge in [0, 0.05) is 22.3 Å². The summed E-state index contributed by atoms with van der Waals surface area (Å²) < 4.78 is 10.8. The number of amides is 2. The number of para-hydroxylation sites is 1. The lowest BCUT2D eigenvalue weighted by molar-refractivity contribution is -0.121. The monoisotopic (exact) mass is 490 g/mol. The Kier molecular flexibility index (Phi) is 7.36. The van der Waals surface area contributed by atoms with Crippen LogP contribution in [0, 0.1) is 20.8 Å². The normalized spacial score (nSPS) is 15.3. The molecule has 1 aliphatic rings. The Hall–Kier alpha value is -3.45. The van der Waals surface area contributed by atoms with Crippen LogP contribution in [0.3, 0.4) is 0 Å². The summed E-state index contributed by atoms with van der Waals surface area (Å²) in [7, 11) is 3.19. The third kappa shape index (κ3) is 5.30. The molecule has 0 bridgehead atoms. The summed E-state index contributed by atoms with van der Waals surface area (Å²) in [5.74, 6) is 0.935. The van der Waals surface area contributed by atoms with Crippen LogP contribution in [0.25, 0.3) is 0 Å². The first kappa shape index (κ1) is 24.7. The first-order valence-corrected chi connectivity index (χ1v) is 12.3. The molecule has 4 rings (SSSR count). The van der Waals surface area contributed by atoms with Gasteiger partial charge in [0.1, 0.15) is 6.54 Å². The van der Waals surface area contributed by atoms with Crippen molar-refractivity contribution >= 4 is 35.0 Å². The molecule has 0 saturated carbocycles. The van der Waals surface area contributed by atoms with Gasteiger partial charge in [-0.3, -0.25) is 9.59 Å². The van der Waals surface area contributed by atoms with Crippen LogP contribution in [0.1, 0.15) is 33.9 Å². The van der Waals surface area contributed by atoms with E-state index >= 15 is 0 Å². The van der Waals surface area contributed by atoms with Gasteiger partial charge in [0.25, 0.3) is 0 Å². The van der Waals surface area contributed by atoms with Crippen molar-refractivity contribution in [2.45, 2.75) is 37.3 Å². The van der Waals surface area contributed by atoms with Crippen LogP contribution in [0.2, 0.25) is 0 Å². The summed E-state index contributed by atoms with van der Waals surface area (Å²) in [6.07, 6.45) is 0.255. The van der Waals surface area contributed by atoms with E-state index in [1.807, 2.05) is 75.4 Å². The molecule has 0 fully saturated rings. The van der Waals surface area contributed by atoms with E-state index in [2.05, 4.69) is 5.32 Å². The number of benzene rings is 3. The topological polar surface area (TPSA) is 67.9 Å². The number of thioether (sulfide) groups is 1. The maximum Gasteiger partial charge on any atom is 0.244 e. The van der Waals surface area contributed by atoms with Gasteiger partial charge in [0.2, 0.25) is 11.8 Å². The number of aryl methyl sites for hydroxylation is 3. The van der Waals surface area contributed by atoms with Gasteiger partial charge in [-0.25, -0.2) is 0 Å². The third-order valence-electron chi connectivity index (χ3n) is 6.11. The molecule has 0 aliphatic carbocycles. The Morgan fingerprint density at radius 1 is 1.00 bits per heavy atom. The number of methoxy groups -OCH3 is 2. The van der Waals surface area contributed by atoms with Crippen molar-refractivity contribution in [3.8, 4) is 11.5 Å². The second-order valence-corrected chi connectivity index (χ2v) is 9.94. The number of anilines is 2. The second kappa shape index (κ2) is 10.4. The van der Waals surface area contributed by atoms with E-state index in [0.717, 1.165) is 38.5 Å². The van der Waals surface area contributed by atoms with Gasteiger partial charge in [0.05, 0.1) is 19.9 Å². The zero-order valence-corrected chi connectivity index (χ0v) is 21.5. The summed E-state index contributed by atoms with van der Waals surface area (Å²) in [5.41, 5.74) is 5.66. The van der Waals surface area contributed by atoms with Gasteiger partial charge in [-0.05, 0) is 61.7 Å². The highest BCUT2D eigenvalue weighted by Gasteiger charge is 2.31. The average molecular weight is 491 g/mol. The molecule has 1 atom stereocenters. The molecule has 0 radical (unpaired) electrons. The molecule has 2 amide bonds. The summed E-state index contributed by atoms with van der Waals surface area (Å²) in [6, 6.07) is 17.5. The van der Waals surface area contributed by atoms with E-state index in [-0.39, 0.29) is 30.0 Å². The molecule has 6 nitrogen and oxygen atoms in total. The molecule has 35 heavy (non-hydrogen) atoms. The second-order valence-electron chi connectivity index (χ2n) is 8.69. The lowest BCUT2D eigenvalue weighted by Gasteiger charge is -2.23. The van der Waals surface area contributed by atoms with Crippen molar-refractivity contribution in [1.29, 1.82) is 0 Å². The Morgan fingerprint density at radius 3 is 2.37 bits per heavy atom. The molecule has 1 aliphatic heterocycles. The number of nitrogens with zero attached hydrogens (tertiary/aromatic N) is 1. The molecule has 0 aromatic heterocycles. The van der Waals surface area contributed by atoms with Crippen molar-refractivity contribution in [1.82, 2.24) is 0 Å². The van der Waals surface area contributed by atoms with Crippen LogP contribution in [0.15, 0.2) is 59.5 Å². The molecule has 0 spiro atoms. The van der Waals surface area contributed by atoms with E-state index < -0.39 is 0 Å². The summed E-state index contributed by atoms with van der Waals surface area (Å²) in [5, 5.41) is 2.90. The number of carbonyl (C=O) groups excluding carboxylic acids is 2. The number of fused-ring (bicyclic) bond motifs is 1. The minimum absolute atomic E-state index is 0.0538. The highest BCUT2D eigenvalue weighted by molar-refractivity contribution is 7.99. The Bertz CT molecular complexity index is 1250. The highest BCUT2D eigenvalue weighted by Crippen LogP contribution is 2.46. The van der Waals surface area contributed by atoms with Crippen molar-refractivity contribution < 1.29 is 19.1 Å². The smallest absolute Gasteiger partial charge is 0.244 e. The maximum absolute atomic E-state index is 13.5. The standard InChI is InChI=1S/C28H30N2O4S/c1-17-12-18(2)28(19(3)13-17)29-26(31)16-30-21-8-6-7-9-24(21)35-25(15-27(30)32)20-10-11-22(33-4)23(14-20)34-5/h6-14,25H,15-16H2,1-5H3,(H,29,31). The number of hydrogen-bond donors (Lipinski definition) is 1. The highest BCUT2D eigenvalue weighted by atomic mass is 32.2. The number of hydrogen-bond acceptors (Lipinski definition) is 5. The lowest BCUT2D eigenvalue weighted by atomic mass is 10.1. The molecule has 1 N–H and O–H groups in total. The van der Waals surface area contributed by atoms with Crippen molar-refractivity contribution in [2.24, 2.45) is 0 Å². The molecule has 0 saturated heterocycles. The van der Waals surface area contributed by atoms with E-state index in [4.69, 9.17) is 9.47 Å². The van der Waals surface area contributed by atoms with Crippen molar-refractivity contribution in [2.75, 3.05) is 31.0 Å². The average Bonchev–Trinajstić information content (AvgIpc) is 2.97. The quantitative estimate of drug-likeness (QED) is 0.470. The molecule has 3 aromatic carbocycles. The lowest BCUT2D eigenvalue weighted by Crippen LogP contribution is -2.38. The molecular weight excluding hydrogens is 460 g/mol.